The molecule has 1 N–H and O–H groups in total. The fourth-order valence-electron chi connectivity index (χ4n) is 3.99. The quantitative estimate of drug-likeness (QED) is 0.826. The average molecular weight is 277 g/mol. The maximum absolute atomic E-state index is 4.70. The maximum Gasteiger partial charge on any atom is 0.0624 e. The van der Waals surface area contributed by atoms with Crippen LogP contribution in [0.2, 0.25) is 0 Å². The molecule has 3 heteroatoms. The molecule has 0 bridgehead atoms. The summed E-state index contributed by atoms with van der Waals surface area (Å²) in [6.07, 6.45) is 9.01. The highest BCUT2D eigenvalue weighted by atomic mass is 15.3. The van der Waals surface area contributed by atoms with Crippen molar-refractivity contribution < 1.29 is 0 Å². The van der Waals surface area contributed by atoms with Crippen LogP contribution >= 0.6 is 0 Å². The Hall–Kier alpha value is -0.830. The van der Waals surface area contributed by atoms with Gasteiger partial charge in [0, 0.05) is 24.7 Å². The Morgan fingerprint density at radius 1 is 1.30 bits per heavy atom. The summed E-state index contributed by atoms with van der Waals surface area (Å²) < 4.78 is 2.20. The molecule has 2 rings (SSSR count). The lowest BCUT2D eigenvalue weighted by Gasteiger charge is -2.37. The van der Waals surface area contributed by atoms with Crippen LogP contribution in [0, 0.1) is 5.41 Å². The maximum atomic E-state index is 4.70. The first kappa shape index (κ1) is 15.6. The number of nitrogens with zero attached hydrogens (tertiary/aromatic N) is 2. The van der Waals surface area contributed by atoms with Crippen LogP contribution in [0.1, 0.15) is 64.3 Å². The number of nitrogens with one attached hydrogen (secondary N) is 1. The van der Waals surface area contributed by atoms with E-state index in [0.717, 1.165) is 19.4 Å². The highest BCUT2D eigenvalue weighted by molar-refractivity contribution is 5.13. The Morgan fingerprint density at radius 3 is 2.50 bits per heavy atom. The summed E-state index contributed by atoms with van der Waals surface area (Å²) in [5.41, 5.74) is 3.14. The molecule has 1 aromatic rings. The summed E-state index contributed by atoms with van der Waals surface area (Å²) in [6.45, 7) is 7.72. The zero-order valence-corrected chi connectivity index (χ0v) is 13.7. The molecule has 1 aliphatic rings. The summed E-state index contributed by atoms with van der Waals surface area (Å²) in [7, 11) is 2.13. The van der Waals surface area contributed by atoms with Gasteiger partial charge in [0.05, 0.1) is 5.69 Å². The highest BCUT2D eigenvalue weighted by Crippen LogP contribution is 2.44. The van der Waals surface area contributed by atoms with Gasteiger partial charge in [-0.3, -0.25) is 4.68 Å². The summed E-state index contributed by atoms with van der Waals surface area (Å²) >= 11 is 0. The van der Waals surface area contributed by atoms with Crippen molar-refractivity contribution in [2.75, 3.05) is 7.05 Å². The molecule has 1 unspecified atom stereocenters. The minimum Gasteiger partial charge on any atom is -0.316 e. The van der Waals surface area contributed by atoms with E-state index >= 15 is 0 Å². The molecule has 1 aromatic heterocycles. The summed E-state index contributed by atoms with van der Waals surface area (Å²) in [6, 6.07) is 2.90. The standard InChI is InChI=1S/C17H31N3/c1-5-14-12-15(20(7-3)19-14)13-16(18-4)17(6-2)10-8-9-11-17/h12,16,18H,5-11,13H2,1-4H3. The molecule has 0 aromatic carbocycles. The van der Waals surface area contributed by atoms with Crippen LogP contribution < -0.4 is 5.32 Å². The second kappa shape index (κ2) is 6.75. The topological polar surface area (TPSA) is 29.9 Å². The third-order valence-electron chi connectivity index (χ3n) is 5.38. The third-order valence-corrected chi connectivity index (χ3v) is 5.38. The van der Waals surface area contributed by atoms with Crippen molar-refractivity contribution in [2.45, 2.75) is 78.3 Å². The Bertz CT molecular complexity index is 416. The van der Waals surface area contributed by atoms with E-state index in [1.165, 1.54) is 43.5 Å². The van der Waals surface area contributed by atoms with Crippen molar-refractivity contribution in [3.63, 3.8) is 0 Å². The van der Waals surface area contributed by atoms with E-state index in [1.807, 2.05) is 0 Å². The van der Waals surface area contributed by atoms with Crippen molar-refractivity contribution in [1.82, 2.24) is 15.1 Å². The van der Waals surface area contributed by atoms with Crippen LogP contribution in [-0.2, 0) is 19.4 Å². The van der Waals surface area contributed by atoms with Crippen molar-refractivity contribution in [3.05, 3.63) is 17.5 Å². The minimum atomic E-state index is 0.504. The third kappa shape index (κ3) is 2.93. The van der Waals surface area contributed by atoms with Crippen LogP contribution in [0.3, 0.4) is 0 Å². The van der Waals surface area contributed by atoms with Crippen LogP contribution in [0.15, 0.2) is 6.07 Å². The van der Waals surface area contributed by atoms with Crippen LogP contribution in [0.25, 0.3) is 0 Å². The van der Waals surface area contributed by atoms with E-state index in [0.29, 0.717) is 11.5 Å². The largest absolute Gasteiger partial charge is 0.316 e. The summed E-state index contributed by atoms with van der Waals surface area (Å²) in [5.74, 6) is 0. The fourth-order valence-corrected chi connectivity index (χ4v) is 3.99. The molecule has 20 heavy (non-hydrogen) atoms. The van der Waals surface area contributed by atoms with Gasteiger partial charge in [0.25, 0.3) is 0 Å². The number of hydrogen-bond donors (Lipinski definition) is 1. The van der Waals surface area contributed by atoms with Crippen molar-refractivity contribution in [2.24, 2.45) is 5.41 Å². The lowest BCUT2D eigenvalue weighted by atomic mass is 9.74. The van der Waals surface area contributed by atoms with E-state index in [9.17, 15) is 0 Å². The lowest BCUT2D eigenvalue weighted by Crippen LogP contribution is -2.43. The van der Waals surface area contributed by atoms with Crippen LogP contribution in [0.4, 0.5) is 0 Å². The second-order valence-electron chi connectivity index (χ2n) is 6.26. The van der Waals surface area contributed by atoms with Crippen LogP contribution in [0.5, 0.6) is 0 Å². The van der Waals surface area contributed by atoms with Gasteiger partial charge in [-0.1, -0.05) is 26.7 Å². The number of likely N-dealkylation sites (N-methyl/N-ethyl adjacent to an activating group) is 1. The van der Waals surface area contributed by atoms with E-state index in [1.54, 1.807) is 0 Å². The smallest absolute Gasteiger partial charge is 0.0624 e. The van der Waals surface area contributed by atoms with E-state index < -0.39 is 0 Å². The molecule has 0 spiro atoms. The Labute approximate surface area is 124 Å². The minimum absolute atomic E-state index is 0.504. The van der Waals surface area contributed by atoms with Gasteiger partial charge in [0.1, 0.15) is 0 Å². The molecular weight excluding hydrogens is 246 g/mol. The average Bonchev–Trinajstić information content (AvgIpc) is 3.11. The molecule has 1 saturated carbocycles. The highest BCUT2D eigenvalue weighted by Gasteiger charge is 2.39. The lowest BCUT2D eigenvalue weighted by molar-refractivity contribution is 0.190. The van der Waals surface area contributed by atoms with E-state index in [-0.39, 0.29) is 0 Å². The second-order valence-corrected chi connectivity index (χ2v) is 6.26. The molecule has 1 atom stereocenters. The van der Waals surface area contributed by atoms with Gasteiger partial charge in [-0.15, -0.1) is 0 Å². The van der Waals surface area contributed by atoms with Gasteiger partial charge in [0.15, 0.2) is 0 Å². The Kier molecular flexibility index (Phi) is 5.25. The number of hydrogen-bond acceptors (Lipinski definition) is 2. The molecule has 0 radical (unpaired) electrons. The monoisotopic (exact) mass is 277 g/mol. The summed E-state index contributed by atoms with van der Waals surface area (Å²) in [5, 5.41) is 8.32. The molecule has 0 amide bonds. The molecule has 1 aliphatic carbocycles. The van der Waals surface area contributed by atoms with Crippen molar-refractivity contribution in [1.29, 1.82) is 0 Å². The zero-order valence-electron chi connectivity index (χ0n) is 13.7. The normalized spacial score (nSPS) is 19.4. The Morgan fingerprint density at radius 2 is 2.00 bits per heavy atom. The molecule has 3 nitrogen and oxygen atoms in total. The van der Waals surface area contributed by atoms with Crippen molar-refractivity contribution >= 4 is 0 Å². The van der Waals surface area contributed by atoms with Gasteiger partial charge < -0.3 is 5.32 Å². The predicted molar refractivity (Wildman–Crippen MR) is 85.0 cm³/mol. The predicted octanol–water partition coefficient (Wildman–Crippen LogP) is 3.57. The molecule has 1 heterocycles. The van der Waals surface area contributed by atoms with Gasteiger partial charge in [-0.25, -0.2) is 0 Å². The molecule has 114 valence electrons. The summed E-state index contributed by atoms with van der Waals surface area (Å²) in [4.78, 5) is 0. The molecular formula is C17H31N3. The van der Waals surface area contributed by atoms with Gasteiger partial charge in [-0.05, 0) is 51.1 Å². The SMILES string of the molecule is CCc1cc(CC(NC)C2(CC)CCCC2)n(CC)n1. The first-order valence-electron chi connectivity index (χ1n) is 8.42. The van der Waals surface area contributed by atoms with Crippen molar-refractivity contribution in [3.8, 4) is 0 Å². The number of aromatic nitrogens is 2. The zero-order chi connectivity index (χ0) is 14.6. The van der Waals surface area contributed by atoms with E-state index in [4.69, 9.17) is 5.10 Å². The van der Waals surface area contributed by atoms with Gasteiger partial charge in [-0.2, -0.15) is 5.10 Å². The van der Waals surface area contributed by atoms with Crippen LogP contribution in [-0.4, -0.2) is 22.9 Å². The Balaban J connectivity index is 2.19. The van der Waals surface area contributed by atoms with E-state index in [2.05, 4.69) is 43.9 Å². The fraction of sp³-hybridized carbons (Fsp3) is 0.824. The van der Waals surface area contributed by atoms with Gasteiger partial charge >= 0.3 is 0 Å². The molecule has 0 saturated heterocycles. The molecule has 1 fully saturated rings. The number of rotatable bonds is 7. The molecule has 0 aliphatic heterocycles. The first-order chi connectivity index (χ1) is 9.69. The van der Waals surface area contributed by atoms with Gasteiger partial charge in [0.2, 0.25) is 0 Å². The first-order valence-corrected chi connectivity index (χ1v) is 8.42. The number of aryl methyl sites for hydroxylation is 2.